The van der Waals surface area contributed by atoms with Gasteiger partial charge in [0.25, 0.3) is 0 Å². The van der Waals surface area contributed by atoms with Crippen LogP contribution >= 0.6 is 0 Å². The summed E-state index contributed by atoms with van der Waals surface area (Å²) in [6.45, 7) is 1.85. The van der Waals surface area contributed by atoms with Gasteiger partial charge < -0.3 is 10.4 Å². The van der Waals surface area contributed by atoms with Crippen molar-refractivity contribution in [3.05, 3.63) is 29.3 Å². The zero-order valence-corrected chi connectivity index (χ0v) is 10.1. The Morgan fingerprint density at radius 1 is 1.39 bits per heavy atom. The van der Waals surface area contributed by atoms with Crippen LogP contribution in [0.3, 0.4) is 0 Å². The predicted octanol–water partition coefficient (Wildman–Crippen LogP) is 3.20. The molecule has 1 aromatic rings. The Labute approximate surface area is 104 Å². The summed E-state index contributed by atoms with van der Waals surface area (Å²) in [6.07, 6.45) is -2.23. The van der Waals surface area contributed by atoms with Gasteiger partial charge in [-0.15, -0.1) is 0 Å². The lowest BCUT2D eigenvalue weighted by molar-refractivity contribution is -0.137. The van der Waals surface area contributed by atoms with E-state index in [-0.39, 0.29) is 6.61 Å². The lowest BCUT2D eigenvalue weighted by Gasteiger charge is -2.38. The third-order valence-electron chi connectivity index (χ3n) is 3.69. The molecule has 5 heteroatoms. The summed E-state index contributed by atoms with van der Waals surface area (Å²) in [4.78, 5) is 0. The number of fused-ring (bicyclic) bond motifs is 1. The van der Waals surface area contributed by atoms with Crippen molar-refractivity contribution in [2.45, 2.75) is 37.9 Å². The number of aliphatic hydroxyl groups excluding tert-OH is 1. The second-order valence-electron chi connectivity index (χ2n) is 4.79. The van der Waals surface area contributed by atoms with Crippen LogP contribution in [0.1, 0.15) is 30.9 Å². The Hall–Kier alpha value is -1.23. The largest absolute Gasteiger partial charge is 0.416 e. The van der Waals surface area contributed by atoms with Gasteiger partial charge in [0, 0.05) is 5.69 Å². The minimum Gasteiger partial charge on any atom is -0.394 e. The van der Waals surface area contributed by atoms with Crippen LogP contribution in [0.25, 0.3) is 0 Å². The van der Waals surface area contributed by atoms with Crippen LogP contribution in [-0.2, 0) is 12.6 Å². The number of aliphatic hydroxyl groups is 1. The van der Waals surface area contributed by atoms with Gasteiger partial charge in [-0.2, -0.15) is 13.2 Å². The van der Waals surface area contributed by atoms with Crippen molar-refractivity contribution in [3.63, 3.8) is 0 Å². The maximum atomic E-state index is 12.6. The highest BCUT2D eigenvalue weighted by Gasteiger charge is 2.35. The first-order chi connectivity index (χ1) is 8.40. The fraction of sp³-hybridized carbons (Fsp3) is 0.538. The number of benzene rings is 1. The number of halogens is 3. The lowest BCUT2D eigenvalue weighted by Crippen LogP contribution is -2.44. The summed E-state index contributed by atoms with van der Waals surface area (Å²) >= 11 is 0. The molecule has 1 heterocycles. The molecule has 100 valence electrons. The Balaban J connectivity index is 2.36. The van der Waals surface area contributed by atoms with E-state index in [0.29, 0.717) is 18.5 Å². The van der Waals surface area contributed by atoms with Gasteiger partial charge in [-0.05, 0) is 37.0 Å². The minimum atomic E-state index is -4.33. The molecule has 1 aliphatic heterocycles. The number of anilines is 1. The summed E-state index contributed by atoms with van der Waals surface area (Å²) in [7, 11) is 0. The smallest absolute Gasteiger partial charge is 0.394 e. The average molecular weight is 259 g/mol. The third-order valence-corrected chi connectivity index (χ3v) is 3.69. The van der Waals surface area contributed by atoms with E-state index in [0.717, 1.165) is 24.1 Å². The van der Waals surface area contributed by atoms with Crippen LogP contribution < -0.4 is 5.32 Å². The molecule has 0 spiro atoms. The van der Waals surface area contributed by atoms with E-state index in [2.05, 4.69) is 5.32 Å². The van der Waals surface area contributed by atoms with Gasteiger partial charge >= 0.3 is 6.18 Å². The standard InChI is InChI=1S/C13H16F3NO/c1-2-12(8-18)6-5-9-3-4-10(13(14,15)16)7-11(9)17-12/h3-4,7,17-18H,2,5-6,8H2,1H3. The molecule has 0 amide bonds. The molecule has 0 saturated heterocycles. The molecule has 1 aromatic carbocycles. The number of nitrogens with one attached hydrogen (secondary N) is 1. The van der Waals surface area contributed by atoms with Crippen molar-refractivity contribution < 1.29 is 18.3 Å². The van der Waals surface area contributed by atoms with Crippen LogP contribution in [-0.4, -0.2) is 17.3 Å². The first kappa shape index (κ1) is 13.2. The molecule has 1 atom stereocenters. The van der Waals surface area contributed by atoms with Crippen LogP contribution in [0.4, 0.5) is 18.9 Å². The molecule has 1 aliphatic rings. The predicted molar refractivity (Wildman–Crippen MR) is 63.5 cm³/mol. The van der Waals surface area contributed by atoms with Crippen molar-refractivity contribution in [3.8, 4) is 0 Å². The maximum absolute atomic E-state index is 12.6. The molecule has 18 heavy (non-hydrogen) atoms. The first-order valence-electron chi connectivity index (χ1n) is 5.99. The number of aryl methyl sites for hydroxylation is 1. The van der Waals surface area contributed by atoms with Crippen molar-refractivity contribution in [2.75, 3.05) is 11.9 Å². The van der Waals surface area contributed by atoms with E-state index < -0.39 is 17.3 Å². The van der Waals surface area contributed by atoms with E-state index in [1.165, 1.54) is 6.07 Å². The summed E-state index contributed by atoms with van der Waals surface area (Å²) in [6, 6.07) is 3.76. The number of hydrogen-bond acceptors (Lipinski definition) is 2. The lowest BCUT2D eigenvalue weighted by atomic mass is 9.84. The average Bonchev–Trinajstić information content (AvgIpc) is 2.36. The molecule has 2 nitrogen and oxygen atoms in total. The van der Waals surface area contributed by atoms with Crippen molar-refractivity contribution >= 4 is 5.69 Å². The molecule has 0 fully saturated rings. The third kappa shape index (κ3) is 2.32. The number of alkyl halides is 3. The zero-order valence-electron chi connectivity index (χ0n) is 10.1. The summed E-state index contributed by atoms with van der Waals surface area (Å²) in [5, 5.41) is 12.5. The van der Waals surface area contributed by atoms with Gasteiger partial charge in [-0.1, -0.05) is 13.0 Å². The first-order valence-corrected chi connectivity index (χ1v) is 5.99. The van der Waals surface area contributed by atoms with Crippen LogP contribution in [0.5, 0.6) is 0 Å². The van der Waals surface area contributed by atoms with E-state index in [4.69, 9.17) is 0 Å². The Bertz CT molecular complexity index is 438. The molecule has 0 aliphatic carbocycles. The van der Waals surface area contributed by atoms with Gasteiger partial charge in [0.15, 0.2) is 0 Å². The number of rotatable bonds is 2. The Morgan fingerprint density at radius 3 is 2.67 bits per heavy atom. The molecular formula is C13H16F3NO. The highest BCUT2D eigenvalue weighted by Crippen LogP contribution is 2.37. The van der Waals surface area contributed by atoms with Crippen molar-refractivity contribution in [2.24, 2.45) is 0 Å². The van der Waals surface area contributed by atoms with Crippen molar-refractivity contribution in [1.82, 2.24) is 0 Å². The number of hydrogen-bond donors (Lipinski definition) is 2. The molecule has 1 unspecified atom stereocenters. The molecule has 2 N–H and O–H groups in total. The molecule has 0 saturated carbocycles. The van der Waals surface area contributed by atoms with E-state index in [1.807, 2.05) is 6.92 Å². The maximum Gasteiger partial charge on any atom is 0.416 e. The van der Waals surface area contributed by atoms with E-state index in [9.17, 15) is 18.3 Å². The van der Waals surface area contributed by atoms with Gasteiger partial charge in [0.05, 0.1) is 17.7 Å². The summed E-state index contributed by atoms with van der Waals surface area (Å²) < 4.78 is 37.9. The fourth-order valence-electron chi connectivity index (χ4n) is 2.30. The SMILES string of the molecule is CCC1(CO)CCc2ccc(C(F)(F)F)cc2N1. The molecule has 0 aromatic heterocycles. The van der Waals surface area contributed by atoms with Crippen LogP contribution in [0.15, 0.2) is 18.2 Å². The zero-order chi connectivity index (χ0) is 13.4. The molecule has 0 bridgehead atoms. The van der Waals surface area contributed by atoms with E-state index >= 15 is 0 Å². The highest BCUT2D eigenvalue weighted by molar-refractivity contribution is 5.57. The highest BCUT2D eigenvalue weighted by atomic mass is 19.4. The molecule has 2 rings (SSSR count). The quantitative estimate of drug-likeness (QED) is 0.854. The van der Waals surface area contributed by atoms with Crippen LogP contribution in [0, 0.1) is 0 Å². The Morgan fingerprint density at radius 2 is 2.11 bits per heavy atom. The van der Waals surface area contributed by atoms with Gasteiger partial charge in [0.1, 0.15) is 0 Å². The Kier molecular flexibility index (Phi) is 3.27. The van der Waals surface area contributed by atoms with Gasteiger partial charge in [0.2, 0.25) is 0 Å². The van der Waals surface area contributed by atoms with Gasteiger partial charge in [-0.3, -0.25) is 0 Å². The topological polar surface area (TPSA) is 32.3 Å². The van der Waals surface area contributed by atoms with E-state index in [1.54, 1.807) is 0 Å². The minimum absolute atomic E-state index is 0.0703. The van der Waals surface area contributed by atoms with Crippen molar-refractivity contribution in [1.29, 1.82) is 0 Å². The molecular weight excluding hydrogens is 243 g/mol. The second-order valence-corrected chi connectivity index (χ2v) is 4.79. The second kappa shape index (κ2) is 4.46. The normalized spacial score (nSPS) is 23.4. The fourth-order valence-corrected chi connectivity index (χ4v) is 2.30. The monoisotopic (exact) mass is 259 g/mol. The summed E-state index contributed by atoms with van der Waals surface area (Å²) in [5.41, 5.74) is 0.225. The van der Waals surface area contributed by atoms with Crippen LogP contribution in [0.2, 0.25) is 0 Å². The molecule has 0 radical (unpaired) electrons. The summed E-state index contributed by atoms with van der Waals surface area (Å²) in [5.74, 6) is 0. The van der Waals surface area contributed by atoms with Gasteiger partial charge in [-0.25, -0.2) is 0 Å².